The van der Waals surface area contributed by atoms with Gasteiger partial charge in [-0.1, -0.05) is 18.6 Å². The second kappa shape index (κ2) is 6.16. The minimum absolute atomic E-state index is 0.108. The van der Waals surface area contributed by atoms with Crippen molar-refractivity contribution in [3.05, 3.63) is 23.3 Å². The summed E-state index contributed by atoms with van der Waals surface area (Å²) in [6.45, 7) is 2.69. The molecule has 0 aromatic carbocycles. The van der Waals surface area contributed by atoms with Crippen LogP contribution >= 0.6 is 0 Å². The van der Waals surface area contributed by atoms with Crippen molar-refractivity contribution in [1.82, 2.24) is 0 Å². The van der Waals surface area contributed by atoms with Gasteiger partial charge in [0.15, 0.2) is 0 Å². The number of carbonyl (C=O) groups excluding carboxylic acids is 1. The topological polar surface area (TPSA) is 87.0 Å². The van der Waals surface area contributed by atoms with Gasteiger partial charge in [-0.15, -0.1) is 0 Å². The lowest BCUT2D eigenvalue weighted by atomic mass is 9.44. The maximum Gasteiger partial charge on any atom is 0.331 e. The van der Waals surface area contributed by atoms with Gasteiger partial charge in [0.25, 0.3) is 0 Å². The van der Waals surface area contributed by atoms with E-state index < -0.39 is 11.7 Å². The summed E-state index contributed by atoms with van der Waals surface area (Å²) in [5, 5.41) is 32.7. The van der Waals surface area contributed by atoms with Crippen LogP contribution in [0.3, 0.4) is 0 Å². The smallest absolute Gasteiger partial charge is 0.331 e. The Morgan fingerprint density at radius 2 is 1.96 bits per heavy atom. The number of aliphatic hydroxyl groups is 3. The first-order valence-corrected chi connectivity index (χ1v) is 10.9. The summed E-state index contributed by atoms with van der Waals surface area (Å²) in [7, 11) is 0. The van der Waals surface area contributed by atoms with Crippen LogP contribution in [0.5, 0.6) is 0 Å². The van der Waals surface area contributed by atoms with Crippen molar-refractivity contribution < 1.29 is 24.9 Å². The molecule has 5 heteroatoms. The molecule has 0 radical (unpaired) electrons. The van der Waals surface area contributed by atoms with E-state index in [0.29, 0.717) is 13.0 Å². The first kappa shape index (κ1) is 18.8. The molecule has 1 aliphatic heterocycles. The number of hydrogen-bond donors (Lipinski definition) is 3. The monoisotopic (exact) mass is 388 g/mol. The molecule has 5 aliphatic rings. The van der Waals surface area contributed by atoms with E-state index in [0.717, 1.165) is 50.5 Å². The van der Waals surface area contributed by atoms with E-state index in [1.807, 2.05) is 6.08 Å². The van der Waals surface area contributed by atoms with E-state index in [1.54, 1.807) is 6.08 Å². The molecule has 5 rings (SSSR count). The highest BCUT2D eigenvalue weighted by Gasteiger charge is 2.67. The largest absolute Gasteiger partial charge is 0.458 e. The molecular weight excluding hydrogens is 356 g/mol. The van der Waals surface area contributed by atoms with Crippen molar-refractivity contribution >= 4 is 5.97 Å². The quantitative estimate of drug-likeness (QED) is 0.500. The average molecular weight is 389 g/mol. The van der Waals surface area contributed by atoms with Crippen molar-refractivity contribution in [3.63, 3.8) is 0 Å². The zero-order chi connectivity index (χ0) is 19.7. The highest BCUT2D eigenvalue weighted by molar-refractivity contribution is 5.85. The third-order valence-corrected chi connectivity index (χ3v) is 9.41. The Morgan fingerprint density at radius 1 is 1.14 bits per heavy atom. The summed E-state index contributed by atoms with van der Waals surface area (Å²) in [5.41, 5.74) is 0.977. The molecule has 0 bridgehead atoms. The standard InChI is InChI=1S/C23H32O5/c1-21-7-5-18-19(3-2-15-11-16(25)4-8-22(15,18)13-24)23(21,27)9-6-17(21)14-10-20(26)28-12-14/h10-11,16-19,24-25,27H,2-9,12-13H2,1H3/t16-,17+,18?,19+,21+,22+,23-/m0/s1. The van der Waals surface area contributed by atoms with E-state index >= 15 is 0 Å². The molecule has 0 spiro atoms. The molecule has 28 heavy (non-hydrogen) atoms. The molecule has 7 atom stereocenters. The van der Waals surface area contributed by atoms with Gasteiger partial charge in [-0.3, -0.25) is 0 Å². The third-order valence-electron chi connectivity index (χ3n) is 9.41. The van der Waals surface area contributed by atoms with Crippen LogP contribution in [0.15, 0.2) is 23.3 Å². The zero-order valence-electron chi connectivity index (χ0n) is 16.7. The van der Waals surface area contributed by atoms with Gasteiger partial charge < -0.3 is 20.1 Å². The average Bonchev–Trinajstić information content (AvgIpc) is 3.22. The van der Waals surface area contributed by atoms with Gasteiger partial charge >= 0.3 is 5.97 Å². The van der Waals surface area contributed by atoms with Crippen LogP contribution in [-0.2, 0) is 9.53 Å². The van der Waals surface area contributed by atoms with Gasteiger partial charge in [0.2, 0.25) is 0 Å². The maximum absolute atomic E-state index is 12.1. The Morgan fingerprint density at radius 3 is 2.68 bits per heavy atom. The van der Waals surface area contributed by atoms with Gasteiger partial charge in [-0.25, -0.2) is 4.79 Å². The summed E-state index contributed by atoms with van der Waals surface area (Å²) >= 11 is 0. The summed E-state index contributed by atoms with van der Waals surface area (Å²) in [6, 6.07) is 0. The van der Waals surface area contributed by atoms with Crippen LogP contribution in [0.1, 0.15) is 58.3 Å². The van der Waals surface area contributed by atoms with Crippen LogP contribution < -0.4 is 0 Å². The highest BCUT2D eigenvalue weighted by atomic mass is 16.5. The highest BCUT2D eigenvalue weighted by Crippen LogP contribution is 2.69. The lowest BCUT2D eigenvalue weighted by Crippen LogP contribution is -2.62. The SMILES string of the molecule is C[C@]12CCC3[C@@H](CCC4=C[C@@H](O)CC[C@@]43CO)[C@@]1(O)CC[C@@H]2C1=CC(=O)OC1. The fourth-order valence-electron chi connectivity index (χ4n) is 7.96. The molecule has 3 fully saturated rings. The molecule has 3 saturated carbocycles. The molecule has 0 amide bonds. The number of fused-ring (bicyclic) bond motifs is 5. The number of hydrogen-bond acceptors (Lipinski definition) is 5. The predicted octanol–water partition coefficient (Wildman–Crippen LogP) is 2.50. The van der Waals surface area contributed by atoms with Gasteiger partial charge in [0.1, 0.15) is 6.61 Å². The summed E-state index contributed by atoms with van der Waals surface area (Å²) in [6.07, 6.45) is 10.0. The number of carbonyl (C=O) groups is 1. The summed E-state index contributed by atoms with van der Waals surface area (Å²) in [4.78, 5) is 11.6. The van der Waals surface area contributed by atoms with Crippen molar-refractivity contribution in [1.29, 1.82) is 0 Å². The third kappa shape index (κ3) is 2.27. The lowest BCUT2D eigenvalue weighted by molar-refractivity contribution is -0.188. The van der Waals surface area contributed by atoms with Gasteiger partial charge in [-0.05, 0) is 74.7 Å². The first-order valence-electron chi connectivity index (χ1n) is 10.9. The predicted molar refractivity (Wildman–Crippen MR) is 103 cm³/mol. The van der Waals surface area contributed by atoms with Gasteiger partial charge in [0.05, 0.1) is 18.3 Å². The zero-order valence-corrected chi connectivity index (χ0v) is 16.7. The minimum Gasteiger partial charge on any atom is -0.458 e. The molecule has 3 N–H and O–H groups in total. The van der Waals surface area contributed by atoms with E-state index in [4.69, 9.17) is 4.74 Å². The van der Waals surface area contributed by atoms with E-state index in [1.165, 1.54) is 5.57 Å². The Labute approximate surface area is 166 Å². The number of ether oxygens (including phenoxy) is 1. The molecule has 0 aromatic heterocycles. The van der Waals surface area contributed by atoms with Crippen molar-refractivity contribution in [2.24, 2.45) is 28.6 Å². The first-order chi connectivity index (χ1) is 13.3. The molecular formula is C23H32O5. The van der Waals surface area contributed by atoms with Crippen LogP contribution in [0.2, 0.25) is 0 Å². The van der Waals surface area contributed by atoms with Gasteiger partial charge in [0, 0.05) is 16.9 Å². The van der Waals surface area contributed by atoms with Crippen LogP contribution in [-0.4, -0.2) is 46.2 Å². The summed E-state index contributed by atoms with van der Waals surface area (Å²) < 4.78 is 5.18. The van der Waals surface area contributed by atoms with Gasteiger partial charge in [-0.2, -0.15) is 0 Å². The number of aliphatic hydroxyl groups excluding tert-OH is 2. The van der Waals surface area contributed by atoms with E-state index in [-0.39, 0.29) is 41.2 Å². The van der Waals surface area contributed by atoms with Crippen LogP contribution in [0.25, 0.3) is 0 Å². The molecule has 1 heterocycles. The molecule has 0 saturated heterocycles. The van der Waals surface area contributed by atoms with Crippen LogP contribution in [0.4, 0.5) is 0 Å². The second-order valence-corrected chi connectivity index (χ2v) is 10.2. The Bertz CT molecular complexity index is 756. The molecule has 1 unspecified atom stereocenters. The lowest BCUT2D eigenvalue weighted by Gasteiger charge is -2.62. The number of cyclic esters (lactones) is 1. The van der Waals surface area contributed by atoms with Crippen molar-refractivity contribution in [2.75, 3.05) is 13.2 Å². The minimum atomic E-state index is -0.767. The Hall–Kier alpha value is -1.17. The van der Waals surface area contributed by atoms with Crippen molar-refractivity contribution in [2.45, 2.75) is 70.0 Å². The molecule has 5 nitrogen and oxygen atoms in total. The Kier molecular flexibility index (Phi) is 4.15. The molecule has 4 aliphatic carbocycles. The van der Waals surface area contributed by atoms with E-state index in [2.05, 4.69) is 6.92 Å². The van der Waals surface area contributed by atoms with E-state index in [9.17, 15) is 20.1 Å². The second-order valence-electron chi connectivity index (χ2n) is 10.2. The van der Waals surface area contributed by atoms with Crippen molar-refractivity contribution in [3.8, 4) is 0 Å². The number of esters is 1. The Balaban J connectivity index is 1.51. The fraction of sp³-hybridized carbons (Fsp3) is 0.783. The molecule has 0 aromatic rings. The number of rotatable bonds is 2. The summed E-state index contributed by atoms with van der Waals surface area (Å²) in [5.74, 6) is 0.363. The molecule has 154 valence electrons. The fourth-order valence-corrected chi connectivity index (χ4v) is 7.96. The normalized spacial score (nSPS) is 50.2. The maximum atomic E-state index is 12.1. The van der Waals surface area contributed by atoms with Crippen LogP contribution in [0, 0.1) is 28.6 Å².